The maximum absolute atomic E-state index is 11.7. The Bertz CT molecular complexity index is 269. The highest BCUT2D eigenvalue weighted by Crippen LogP contribution is 2.07. The Morgan fingerprint density at radius 1 is 1.12 bits per heavy atom. The molecule has 1 saturated heterocycles. The summed E-state index contributed by atoms with van der Waals surface area (Å²) in [6, 6.07) is 0. The second kappa shape index (κ2) is 6.74. The van der Waals surface area contributed by atoms with E-state index in [0.717, 1.165) is 38.6 Å². The molecule has 1 aliphatic rings. The zero-order valence-electron chi connectivity index (χ0n) is 11.2. The van der Waals surface area contributed by atoms with Crippen LogP contribution in [0.25, 0.3) is 0 Å². The number of carbonyl (C=O) groups is 2. The molecular formula is C13H24N2O2. The lowest BCUT2D eigenvalue weighted by Gasteiger charge is -2.35. The number of carbonyl (C=O) groups excluding carboxylic acids is 2. The minimum Gasteiger partial charge on any atom is -0.340 e. The molecule has 4 heteroatoms. The molecule has 0 aliphatic carbocycles. The van der Waals surface area contributed by atoms with E-state index in [4.69, 9.17) is 0 Å². The number of hydrogen-bond acceptors (Lipinski definition) is 3. The van der Waals surface area contributed by atoms with Crippen molar-refractivity contribution in [2.75, 3.05) is 32.7 Å². The van der Waals surface area contributed by atoms with Gasteiger partial charge in [0.2, 0.25) is 5.91 Å². The molecule has 0 bridgehead atoms. The van der Waals surface area contributed by atoms with E-state index in [0.29, 0.717) is 0 Å². The van der Waals surface area contributed by atoms with Crippen molar-refractivity contribution in [1.82, 2.24) is 9.80 Å². The predicted molar refractivity (Wildman–Crippen MR) is 67.8 cm³/mol. The fourth-order valence-electron chi connectivity index (χ4n) is 1.99. The maximum atomic E-state index is 11.7. The van der Waals surface area contributed by atoms with E-state index >= 15 is 0 Å². The van der Waals surface area contributed by atoms with Gasteiger partial charge in [-0.2, -0.15) is 0 Å². The second-order valence-corrected chi connectivity index (χ2v) is 5.28. The Morgan fingerprint density at radius 2 is 1.71 bits per heavy atom. The van der Waals surface area contributed by atoms with Gasteiger partial charge in [0.05, 0.1) is 6.42 Å². The van der Waals surface area contributed by atoms with E-state index in [1.54, 1.807) is 0 Å². The highest BCUT2D eigenvalue weighted by Gasteiger charge is 2.21. The topological polar surface area (TPSA) is 40.6 Å². The molecule has 0 aromatic carbocycles. The van der Waals surface area contributed by atoms with E-state index in [1.165, 1.54) is 13.3 Å². The SMILES string of the molecule is CC(=O)CC(=O)N1CCN(CCC(C)C)CC1. The van der Waals surface area contributed by atoms with E-state index in [9.17, 15) is 9.59 Å². The van der Waals surface area contributed by atoms with Crippen molar-refractivity contribution in [3.8, 4) is 0 Å². The summed E-state index contributed by atoms with van der Waals surface area (Å²) < 4.78 is 0. The summed E-state index contributed by atoms with van der Waals surface area (Å²) in [4.78, 5) is 26.8. The number of Topliss-reactive ketones (excluding diaryl/α,β-unsaturated/α-hetero) is 1. The molecule has 0 saturated carbocycles. The van der Waals surface area contributed by atoms with Crippen LogP contribution >= 0.6 is 0 Å². The van der Waals surface area contributed by atoms with Gasteiger partial charge in [0.15, 0.2) is 0 Å². The van der Waals surface area contributed by atoms with Crippen LogP contribution in [0.2, 0.25) is 0 Å². The molecule has 0 spiro atoms. The number of amides is 1. The highest BCUT2D eigenvalue weighted by molar-refractivity contribution is 5.96. The molecule has 0 N–H and O–H groups in total. The standard InChI is InChI=1S/C13H24N2O2/c1-11(2)4-5-14-6-8-15(9-7-14)13(17)10-12(3)16/h11H,4-10H2,1-3H3. The van der Waals surface area contributed by atoms with Crippen molar-refractivity contribution in [3.63, 3.8) is 0 Å². The molecule has 1 aliphatic heterocycles. The summed E-state index contributed by atoms with van der Waals surface area (Å²) in [5, 5.41) is 0. The van der Waals surface area contributed by atoms with Crippen molar-refractivity contribution < 1.29 is 9.59 Å². The monoisotopic (exact) mass is 240 g/mol. The van der Waals surface area contributed by atoms with Gasteiger partial charge in [-0.15, -0.1) is 0 Å². The quantitative estimate of drug-likeness (QED) is 0.677. The molecule has 4 nitrogen and oxygen atoms in total. The van der Waals surface area contributed by atoms with Gasteiger partial charge < -0.3 is 4.90 Å². The molecule has 1 fully saturated rings. The lowest BCUT2D eigenvalue weighted by molar-refractivity contribution is -0.136. The minimum absolute atomic E-state index is 0.0130. The average Bonchev–Trinajstić information content (AvgIpc) is 2.26. The van der Waals surface area contributed by atoms with Crippen molar-refractivity contribution in [3.05, 3.63) is 0 Å². The van der Waals surface area contributed by atoms with Crippen molar-refractivity contribution in [1.29, 1.82) is 0 Å². The van der Waals surface area contributed by atoms with Crippen molar-refractivity contribution in [2.45, 2.75) is 33.6 Å². The van der Waals surface area contributed by atoms with Crippen LogP contribution in [0.3, 0.4) is 0 Å². The van der Waals surface area contributed by atoms with Gasteiger partial charge in [-0.1, -0.05) is 13.8 Å². The summed E-state index contributed by atoms with van der Waals surface area (Å²) in [5.74, 6) is 0.672. The average molecular weight is 240 g/mol. The zero-order chi connectivity index (χ0) is 12.8. The summed E-state index contributed by atoms with van der Waals surface area (Å²) in [6.45, 7) is 10.5. The predicted octanol–water partition coefficient (Wildman–Crippen LogP) is 1.16. The molecule has 0 radical (unpaired) electrons. The number of hydrogen-bond donors (Lipinski definition) is 0. The third-order valence-corrected chi connectivity index (χ3v) is 3.15. The first-order valence-electron chi connectivity index (χ1n) is 6.48. The van der Waals surface area contributed by atoms with Crippen molar-refractivity contribution in [2.24, 2.45) is 5.92 Å². The molecule has 0 aromatic rings. The first-order chi connectivity index (χ1) is 7.99. The molecule has 1 heterocycles. The largest absolute Gasteiger partial charge is 0.340 e. The summed E-state index contributed by atoms with van der Waals surface area (Å²) in [5.41, 5.74) is 0. The van der Waals surface area contributed by atoms with Gasteiger partial charge in [-0.05, 0) is 25.8 Å². The number of ketones is 1. The highest BCUT2D eigenvalue weighted by atomic mass is 16.2. The molecule has 0 atom stereocenters. The summed E-state index contributed by atoms with van der Waals surface area (Å²) in [6.07, 6.45) is 1.27. The summed E-state index contributed by atoms with van der Waals surface area (Å²) in [7, 11) is 0. The van der Waals surface area contributed by atoms with Crippen LogP contribution in [0, 0.1) is 5.92 Å². The van der Waals surface area contributed by atoms with Gasteiger partial charge in [0.25, 0.3) is 0 Å². The van der Waals surface area contributed by atoms with Gasteiger partial charge in [0.1, 0.15) is 5.78 Å². The number of rotatable bonds is 5. The Morgan fingerprint density at radius 3 is 2.18 bits per heavy atom. The van der Waals surface area contributed by atoms with Gasteiger partial charge in [-0.25, -0.2) is 0 Å². The lowest BCUT2D eigenvalue weighted by atomic mass is 10.1. The first kappa shape index (κ1) is 14.2. The molecule has 0 unspecified atom stereocenters. The Hall–Kier alpha value is -0.900. The molecule has 98 valence electrons. The first-order valence-corrected chi connectivity index (χ1v) is 6.48. The fourth-order valence-corrected chi connectivity index (χ4v) is 1.99. The molecular weight excluding hydrogens is 216 g/mol. The maximum Gasteiger partial charge on any atom is 0.230 e. The Balaban J connectivity index is 2.25. The Kier molecular flexibility index (Phi) is 5.62. The van der Waals surface area contributed by atoms with Crippen LogP contribution in [-0.4, -0.2) is 54.2 Å². The Labute approximate surface area is 104 Å². The van der Waals surface area contributed by atoms with Crippen LogP contribution in [0.5, 0.6) is 0 Å². The van der Waals surface area contributed by atoms with E-state index in [2.05, 4.69) is 18.7 Å². The molecule has 1 rings (SSSR count). The zero-order valence-corrected chi connectivity index (χ0v) is 11.2. The third kappa shape index (κ3) is 5.31. The number of nitrogens with zero attached hydrogens (tertiary/aromatic N) is 2. The van der Waals surface area contributed by atoms with E-state index in [-0.39, 0.29) is 18.1 Å². The summed E-state index contributed by atoms with van der Waals surface area (Å²) >= 11 is 0. The molecule has 0 aromatic heterocycles. The smallest absolute Gasteiger partial charge is 0.230 e. The van der Waals surface area contributed by atoms with Gasteiger partial charge in [0, 0.05) is 26.2 Å². The van der Waals surface area contributed by atoms with Gasteiger partial charge in [-0.3, -0.25) is 14.5 Å². The van der Waals surface area contributed by atoms with E-state index in [1.807, 2.05) is 4.90 Å². The van der Waals surface area contributed by atoms with Crippen LogP contribution in [0.1, 0.15) is 33.6 Å². The van der Waals surface area contributed by atoms with Crippen LogP contribution in [0.4, 0.5) is 0 Å². The molecule has 1 amide bonds. The van der Waals surface area contributed by atoms with Crippen LogP contribution in [-0.2, 0) is 9.59 Å². The van der Waals surface area contributed by atoms with E-state index < -0.39 is 0 Å². The van der Waals surface area contributed by atoms with Crippen LogP contribution < -0.4 is 0 Å². The third-order valence-electron chi connectivity index (χ3n) is 3.15. The molecule has 17 heavy (non-hydrogen) atoms. The van der Waals surface area contributed by atoms with Gasteiger partial charge >= 0.3 is 0 Å². The minimum atomic E-state index is -0.0442. The number of piperazine rings is 1. The second-order valence-electron chi connectivity index (χ2n) is 5.28. The van der Waals surface area contributed by atoms with Crippen molar-refractivity contribution >= 4 is 11.7 Å². The lowest BCUT2D eigenvalue weighted by Crippen LogP contribution is -2.49. The van der Waals surface area contributed by atoms with Crippen LogP contribution in [0.15, 0.2) is 0 Å². The normalized spacial score (nSPS) is 17.5. The fraction of sp³-hybridized carbons (Fsp3) is 0.846.